The molecule has 0 saturated heterocycles. The van der Waals surface area contributed by atoms with Gasteiger partial charge in [-0.3, -0.25) is 0 Å². The van der Waals surface area contributed by atoms with Gasteiger partial charge < -0.3 is 0 Å². The lowest BCUT2D eigenvalue weighted by Crippen LogP contribution is -1.75. The summed E-state index contributed by atoms with van der Waals surface area (Å²) in [5.41, 5.74) is 1.11. The highest BCUT2D eigenvalue weighted by Crippen LogP contribution is 1.99. The molecule has 0 aromatic carbocycles. The molecule has 0 aromatic rings. The number of thiocarbonyl (C=S) groups is 1. The molecule has 0 saturated carbocycles. The van der Waals surface area contributed by atoms with Gasteiger partial charge in [0, 0.05) is 6.42 Å². The molecule has 0 fully saturated rings. The maximum atomic E-state index is 4.66. The van der Waals surface area contributed by atoms with E-state index in [9.17, 15) is 0 Å². The predicted molar refractivity (Wildman–Crippen MR) is 46.7 cm³/mol. The zero-order chi connectivity index (χ0) is 7.11. The van der Waals surface area contributed by atoms with Gasteiger partial charge in [0.25, 0.3) is 0 Å². The molecule has 0 heterocycles. The Kier molecular flexibility index (Phi) is 5.03. The second-order valence-electron chi connectivity index (χ2n) is 1.55. The van der Waals surface area contributed by atoms with Crippen LogP contribution in [0.15, 0.2) is 37.0 Å². The van der Waals surface area contributed by atoms with Crippen molar-refractivity contribution in [2.24, 2.45) is 0 Å². The molecule has 1 heteroatoms. The summed E-state index contributed by atoms with van der Waals surface area (Å²) >= 11 is 4.66. The van der Waals surface area contributed by atoms with Crippen molar-refractivity contribution in [3.05, 3.63) is 37.0 Å². The Morgan fingerprint density at radius 2 is 2.11 bits per heavy atom. The Bertz CT molecular complexity index is 143. The average Bonchev–Trinajstić information content (AvgIpc) is 1.88. The van der Waals surface area contributed by atoms with Gasteiger partial charge >= 0.3 is 0 Å². The third-order valence-electron chi connectivity index (χ3n) is 0.913. The van der Waals surface area contributed by atoms with E-state index in [0.29, 0.717) is 0 Å². The van der Waals surface area contributed by atoms with Gasteiger partial charge in [0.2, 0.25) is 0 Å². The molecule has 0 unspecified atom stereocenters. The maximum Gasteiger partial charge on any atom is 0.000752 e. The lowest BCUT2D eigenvalue weighted by molar-refractivity contribution is 1.41. The molecule has 0 aliphatic rings. The van der Waals surface area contributed by atoms with E-state index in [1.165, 1.54) is 0 Å². The minimum atomic E-state index is 0.796. The van der Waals surface area contributed by atoms with Gasteiger partial charge in [-0.15, -0.1) is 0 Å². The van der Waals surface area contributed by atoms with Gasteiger partial charge in [0.1, 0.15) is 0 Å². The minimum Gasteiger partial charge on any atom is -0.0991 e. The molecule has 0 radical (unpaired) electrons. The lowest BCUT2D eigenvalue weighted by Gasteiger charge is -1.89. The van der Waals surface area contributed by atoms with E-state index in [4.69, 9.17) is 0 Å². The molecule has 0 atom stereocenters. The van der Waals surface area contributed by atoms with Gasteiger partial charge in [-0.1, -0.05) is 43.6 Å². The van der Waals surface area contributed by atoms with Crippen LogP contribution >= 0.6 is 12.2 Å². The Morgan fingerprint density at radius 1 is 1.44 bits per heavy atom. The summed E-state index contributed by atoms with van der Waals surface area (Å²) in [5.74, 6) is 0. The van der Waals surface area contributed by atoms with Gasteiger partial charge in [-0.2, -0.15) is 0 Å². The lowest BCUT2D eigenvalue weighted by atomic mass is 10.2. The molecule has 0 aliphatic carbocycles. The highest BCUT2D eigenvalue weighted by atomic mass is 32.1. The van der Waals surface area contributed by atoms with E-state index in [1.807, 2.05) is 6.08 Å². The van der Waals surface area contributed by atoms with E-state index in [-0.39, 0.29) is 0 Å². The van der Waals surface area contributed by atoms with Crippen LogP contribution in [-0.4, -0.2) is 5.37 Å². The smallest absolute Gasteiger partial charge is 0.000752 e. The van der Waals surface area contributed by atoms with Crippen molar-refractivity contribution in [1.82, 2.24) is 0 Å². The average molecular weight is 138 g/mol. The SMILES string of the molecule is C=C/C=C(\C=C)CC=S. The van der Waals surface area contributed by atoms with Gasteiger partial charge in [0.05, 0.1) is 0 Å². The number of rotatable bonds is 4. The second kappa shape index (κ2) is 5.45. The van der Waals surface area contributed by atoms with Gasteiger partial charge in [0.15, 0.2) is 0 Å². The summed E-state index contributed by atoms with van der Waals surface area (Å²) < 4.78 is 0. The van der Waals surface area contributed by atoms with Gasteiger partial charge in [-0.05, 0) is 10.9 Å². The number of hydrogen-bond donors (Lipinski definition) is 0. The van der Waals surface area contributed by atoms with Crippen molar-refractivity contribution in [3.63, 3.8) is 0 Å². The summed E-state index contributed by atoms with van der Waals surface area (Å²) in [6, 6.07) is 0. The standard InChI is InChI=1S/C8H10S/c1-3-5-8(4-2)6-7-9/h3-5,7H,1-2,6H2/b8-5+. The zero-order valence-electron chi connectivity index (χ0n) is 5.34. The molecule has 48 valence electrons. The monoisotopic (exact) mass is 138 g/mol. The van der Waals surface area contributed by atoms with Crippen LogP contribution in [0.4, 0.5) is 0 Å². The molecule has 0 N–H and O–H groups in total. The Morgan fingerprint density at radius 3 is 2.44 bits per heavy atom. The van der Waals surface area contributed by atoms with Crippen molar-refractivity contribution in [1.29, 1.82) is 0 Å². The van der Waals surface area contributed by atoms with Crippen LogP contribution in [0.1, 0.15) is 6.42 Å². The summed E-state index contributed by atoms with van der Waals surface area (Å²) in [5, 5.41) is 1.68. The second-order valence-corrected chi connectivity index (χ2v) is 1.89. The molecule has 0 amide bonds. The molecule has 0 nitrogen and oxygen atoms in total. The Hall–Kier alpha value is -0.690. The predicted octanol–water partition coefficient (Wildman–Crippen LogP) is 2.67. The Labute approximate surface area is 61.6 Å². The molecule has 0 rings (SSSR count). The van der Waals surface area contributed by atoms with E-state index in [2.05, 4.69) is 25.4 Å². The topological polar surface area (TPSA) is 0 Å². The largest absolute Gasteiger partial charge is 0.0991 e. The van der Waals surface area contributed by atoms with Crippen LogP contribution in [0.2, 0.25) is 0 Å². The zero-order valence-corrected chi connectivity index (χ0v) is 6.16. The third-order valence-corrected chi connectivity index (χ3v) is 1.08. The molecule has 0 spiro atoms. The first-order valence-electron chi connectivity index (χ1n) is 2.72. The summed E-state index contributed by atoms with van der Waals surface area (Å²) in [4.78, 5) is 0. The highest BCUT2D eigenvalue weighted by molar-refractivity contribution is 7.79. The van der Waals surface area contributed by atoms with Crippen molar-refractivity contribution in [2.45, 2.75) is 6.42 Å². The molecule has 0 aliphatic heterocycles. The number of allylic oxidation sites excluding steroid dienone is 4. The maximum absolute atomic E-state index is 4.66. The number of hydrogen-bond acceptors (Lipinski definition) is 1. The van der Waals surface area contributed by atoms with E-state index in [0.717, 1.165) is 12.0 Å². The van der Waals surface area contributed by atoms with Crippen molar-refractivity contribution in [3.8, 4) is 0 Å². The molecule has 0 aromatic heterocycles. The minimum absolute atomic E-state index is 0.796. The molecule has 0 bridgehead atoms. The normalized spacial score (nSPS) is 10.4. The quantitative estimate of drug-likeness (QED) is 0.425. The summed E-state index contributed by atoms with van der Waals surface area (Å²) in [6.45, 7) is 7.17. The highest BCUT2D eigenvalue weighted by Gasteiger charge is 1.82. The van der Waals surface area contributed by atoms with Gasteiger partial charge in [-0.25, -0.2) is 0 Å². The van der Waals surface area contributed by atoms with Crippen LogP contribution in [-0.2, 0) is 0 Å². The molecule has 9 heavy (non-hydrogen) atoms. The molecular formula is C8H10S. The van der Waals surface area contributed by atoms with Crippen molar-refractivity contribution < 1.29 is 0 Å². The fourth-order valence-corrected chi connectivity index (χ4v) is 0.659. The fraction of sp³-hybridized carbons (Fsp3) is 0.125. The summed E-state index contributed by atoms with van der Waals surface area (Å²) in [7, 11) is 0. The third kappa shape index (κ3) is 3.86. The first-order chi connectivity index (χ1) is 4.35. The Balaban J connectivity index is 3.95. The summed E-state index contributed by atoms with van der Waals surface area (Å²) in [6.07, 6.45) is 6.21. The van der Waals surface area contributed by atoms with Crippen LogP contribution in [0.25, 0.3) is 0 Å². The van der Waals surface area contributed by atoms with Crippen LogP contribution in [0.3, 0.4) is 0 Å². The fourth-order valence-electron chi connectivity index (χ4n) is 0.467. The van der Waals surface area contributed by atoms with E-state index < -0.39 is 0 Å². The van der Waals surface area contributed by atoms with E-state index >= 15 is 0 Å². The van der Waals surface area contributed by atoms with Crippen LogP contribution < -0.4 is 0 Å². The van der Waals surface area contributed by atoms with Crippen molar-refractivity contribution >= 4 is 17.6 Å². The van der Waals surface area contributed by atoms with Crippen molar-refractivity contribution in [2.75, 3.05) is 0 Å². The molecular weight excluding hydrogens is 128 g/mol. The van der Waals surface area contributed by atoms with E-state index in [1.54, 1.807) is 17.5 Å². The van der Waals surface area contributed by atoms with Crippen LogP contribution in [0, 0.1) is 0 Å². The van der Waals surface area contributed by atoms with Crippen LogP contribution in [0.5, 0.6) is 0 Å². The first kappa shape index (κ1) is 8.31. The first-order valence-corrected chi connectivity index (χ1v) is 3.20.